The Morgan fingerprint density at radius 1 is 0.865 bits per heavy atom. The van der Waals surface area contributed by atoms with Gasteiger partial charge in [-0.2, -0.15) is 0 Å². The molecular formula is C34H42N2O. The SMILES string of the molecule is CCCCC(C)c1ccc2c3ccc(N(c4ccc5occc5c4)C(C)(CC)CCC)cc3n(C)c2c1. The molecule has 194 valence electrons. The van der Waals surface area contributed by atoms with E-state index in [-0.39, 0.29) is 5.54 Å². The van der Waals surface area contributed by atoms with E-state index in [1.165, 1.54) is 58.0 Å². The first kappa shape index (κ1) is 25.4. The zero-order chi connectivity index (χ0) is 26.2. The highest BCUT2D eigenvalue weighted by Gasteiger charge is 2.31. The van der Waals surface area contributed by atoms with Crippen LogP contribution in [0.4, 0.5) is 11.4 Å². The Morgan fingerprint density at radius 2 is 1.57 bits per heavy atom. The third-order valence-corrected chi connectivity index (χ3v) is 8.62. The maximum Gasteiger partial charge on any atom is 0.133 e. The molecule has 3 heteroatoms. The molecule has 0 aliphatic heterocycles. The minimum Gasteiger partial charge on any atom is -0.464 e. The Morgan fingerprint density at radius 3 is 2.30 bits per heavy atom. The van der Waals surface area contributed by atoms with Crippen molar-refractivity contribution < 1.29 is 4.42 Å². The Balaban J connectivity index is 1.65. The Hall–Kier alpha value is -3.20. The Bertz CT molecular complexity index is 1520. The lowest BCUT2D eigenvalue weighted by molar-refractivity contribution is 0.405. The monoisotopic (exact) mass is 494 g/mol. The van der Waals surface area contributed by atoms with Crippen LogP contribution < -0.4 is 4.90 Å². The van der Waals surface area contributed by atoms with Crippen LogP contribution in [0.1, 0.15) is 84.6 Å². The summed E-state index contributed by atoms with van der Waals surface area (Å²) in [6, 6.07) is 22.8. The van der Waals surface area contributed by atoms with Gasteiger partial charge in [0.15, 0.2) is 0 Å². The summed E-state index contributed by atoms with van der Waals surface area (Å²) in [7, 11) is 2.22. The average Bonchev–Trinajstić information content (AvgIpc) is 3.49. The summed E-state index contributed by atoms with van der Waals surface area (Å²) in [6.45, 7) is 11.7. The van der Waals surface area contributed by atoms with Crippen molar-refractivity contribution in [1.82, 2.24) is 4.57 Å². The van der Waals surface area contributed by atoms with Crippen molar-refractivity contribution in [2.24, 2.45) is 7.05 Å². The highest BCUT2D eigenvalue weighted by atomic mass is 16.3. The van der Waals surface area contributed by atoms with Crippen LogP contribution in [0.15, 0.2) is 71.3 Å². The number of furan rings is 1. The molecule has 0 N–H and O–H groups in total. The maximum atomic E-state index is 5.65. The third-order valence-electron chi connectivity index (χ3n) is 8.62. The van der Waals surface area contributed by atoms with Crippen LogP contribution >= 0.6 is 0 Å². The van der Waals surface area contributed by atoms with E-state index < -0.39 is 0 Å². The average molecular weight is 495 g/mol. The van der Waals surface area contributed by atoms with Crippen LogP contribution in [0.5, 0.6) is 0 Å². The molecule has 0 saturated heterocycles. The van der Waals surface area contributed by atoms with E-state index in [0.717, 1.165) is 30.2 Å². The predicted octanol–water partition coefficient (Wildman–Crippen LogP) is 10.5. The van der Waals surface area contributed by atoms with Gasteiger partial charge < -0.3 is 13.9 Å². The van der Waals surface area contributed by atoms with Gasteiger partial charge in [-0.3, -0.25) is 0 Å². The number of hydrogen-bond donors (Lipinski definition) is 0. The lowest BCUT2D eigenvalue weighted by Gasteiger charge is -2.43. The fourth-order valence-electron chi connectivity index (χ4n) is 6.18. The summed E-state index contributed by atoms with van der Waals surface area (Å²) in [5, 5.41) is 3.81. The van der Waals surface area contributed by atoms with Gasteiger partial charge in [-0.1, -0.05) is 65.2 Å². The van der Waals surface area contributed by atoms with E-state index >= 15 is 0 Å². The number of unbranched alkanes of at least 4 members (excludes halogenated alkanes) is 1. The van der Waals surface area contributed by atoms with Crippen LogP contribution in [0.25, 0.3) is 32.8 Å². The first-order valence-corrected chi connectivity index (χ1v) is 14.2. The largest absolute Gasteiger partial charge is 0.464 e. The molecule has 2 aromatic heterocycles. The standard InChI is InChI=1S/C34H42N2O/c1-7-10-11-24(4)25-12-15-29-30-16-13-28(23-32(30)35(6)31(29)22-25)36(34(5,9-3)19-8-2)27-14-17-33-26(21-27)18-20-37-33/h12-18,20-24H,7-11,19H2,1-6H3. The van der Waals surface area contributed by atoms with Crippen molar-refractivity contribution in [2.75, 3.05) is 4.90 Å². The van der Waals surface area contributed by atoms with E-state index in [4.69, 9.17) is 4.42 Å². The quantitative estimate of drug-likeness (QED) is 0.192. The predicted molar refractivity (Wildman–Crippen MR) is 160 cm³/mol. The number of anilines is 2. The van der Waals surface area contributed by atoms with Gasteiger partial charge in [0.2, 0.25) is 0 Å². The zero-order valence-electron chi connectivity index (χ0n) is 23.5. The number of aryl methyl sites for hydroxylation is 1. The van der Waals surface area contributed by atoms with Crippen molar-refractivity contribution in [3.05, 3.63) is 72.5 Å². The minimum atomic E-state index is 0.00626. The summed E-state index contributed by atoms with van der Waals surface area (Å²) in [5.41, 5.74) is 7.47. The summed E-state index contributed by atoms with van der Waals surface area (Å²) in [4.78, 5) is 2.57. The third kappa shape index (κ3) is 4.54. The second-order valence-electron chi connectivity index (χ2n) is 11.2. The van der Waals surface area contributed by atoms with Gasteiger partial charge in [-0.25, -0.2) is 0 Å². The highest BCUT2D eigenvalue weighted by molar-refractivity contribution is 6.09. The van der Waals surface area contributed by atoms with Crippen molar-refractivity contribution in [1.29, 1.82) is 0 Å². The fraction of sp³-hybridized carbons (Fsp3) is 0.412. The van der Waals surface area contributed by atoms with E-state index in [1.807, 2.05) is 0 Å². The van der Waals surface area contributed by atoms with E-state index in [9.17, 15) is 0 Å². The molecule has 2 atom stereocenters. The smallest absolute Gasteiger partial charge is 0.133 e. The molecule has 2 unspecified atom stereocenters. The van der Waals surface area contributed by atoms with Crippen LogP contribution in [0.2, 0.25) is 0 Å². The molecule has 37 heavy (non-hydrogen) atoms. The van der Waals surface area contributed by atoms with Crippen LogP contribution in [0.3, 0.4) is 0 Å². The highest BCUT2D eigenvalue weighted by Crippen LogP contribution is 2.41. The summed E-state index contributed by atoms with van der Waals surface area (Å²) in [5.74, 6) is 0.588. The van der Waals surface area contributed by atoms with Crippen molar-refractivity contribution in [3.63, 3.8) is 0 Å². The molecule has 0 radical (unpaired) electrons. The molecule has 2 heterocycles. The zero-order valence-corrected chi connectivity index (χ0v) is 23.5. The topological polar surface area (TPSA) is 21.3 Å². The molecule has 5 rings (SSSR count). The number of hydrogen-bond acceptors (Lipinski definition) is 2. The molecule has 0 spiro atoms. The second kappa shape index (κ2) is 10.3. The summed E-state index contributed by atoms with van der Waals surface area (Å²) in [6.07, 6.45) is 8.90. The van der Waals surface area contributed by atoms with Crippen molar-refractivity contribution >= 4 is 44.1 Å². The Labute approximate surface area is 222 Å². The van der Waals surface area contributed by atoms with Crippen LogP contribution in [-0.4, -0.2) is 10.1 Å². The van der Waals surface area contributed by atoms with E-state index in [1.54, 1.807) is 6.26 Å². The molecular weight excluding hydrogens is 452 g/mol. The molecule has 0 fully saturated rings. The maximum absolute atomic E-state index is 5.65. The molecule has 0 bridgehead atoms. The van der Waals surface area contributed by atoms with Gasteiger partial charge in [0.05, 0.1) is 11.8 Å². The normalized spacial score (nSPS) is 14.4. The number of aromatic nitrogens is 1. The molecule has 0 aliphatic carbocycles. The first-order valence-electron chi connectivity index (χ1n) is 14.2. The molecule has 0 amide bonds. The lowest BCUT2D eigenvalue weighted by atomic mass is 9.89. The van der Waals surface area contributed by atoms with Gasteiger partial charge in [-0.15, -0.1) is 0 Å². The van der Waals surface area contributed by atoms with Gasteiger partial charge in [0.25, 0.3) is 0 Å². The van der Waals surface area contributed by atoms with Gasteiger partial charge in [0, 0.05) is 45.6 Å². The Kier molecular flexibility index (Phi) is 7.07. The van der Waals surface area contributed by atoms with Gasteiger partial charge in [-0.05, 0) is 80.1 Å². The molecule has 3 aromatic carbocycles. The van der Waals surface area contributed by atoms with Crippen molar-refractivity contribution in [2.45, 2.75) is 84.6 Å². The molecule has 5 aromatic rings. The number of nitrogens with zero attached hydrogens (tertiary/aromatic N) is 2. The molecule has 0 saturated carbocycles. The van der Waals surface area contributed by atoms with Crippen molar-refractivity contribution in [3.8, 4) is 0 Å². The van der Waals surface area contributed by atoms with Crippen LogP contribution in [0, 0.1) is 0 Å². The van der Waals surface area contributed by atoms with Gasteiger partial charge >= 0.3 is 0 Å². The molecule has 3 nitrogen and oxygen atoms in total. The molecule has 0 aliphatic rings. The minimum absolute atomic E-state index is 0.00626. The summed E-state index contributed by atoms with van der Waals surface area (Å²) >= 11 is 0. The van der Waals surface area contributed by atoms with E-state index in [0.29, 0.717) is 5.92 Å². The van der Waals surface area contributed by atoms with Crippen LogP contribution in [-0.2, 0) is 7.05 Å². The fourth-order valence-corrected chi connectivity index (χ4v) is 6.18. The second-order valence-corrected chi connectivity index (χ2v) is 11.2. The van der Waals surface area contributed by atoms with Gasteiger partial charge in [0.1, 0.15) is 5.58 Å². The lowest BCUT2D eigenvalue weighted by Crippen LogP contribution is -2.43. The summed E-state index contributed by atoms with van der Waals surface area (Å²) < 4.78 is 8.04. The van der Waals surface area contributed by atoms with E-state index in [2.05, 4.69) is 112 Å². The number of rotatable bonds is 10. The number of fused-ring (bicyclic) bond motifs is 4. The first-order chi connectivity index (χ1) is 17.9. The number of benzene rings is 3.